The number of nitrogens with zero attached hydrogens (tertiary/aromatic N) is 1. The first-order chi connectivity index (χ1) is 8.18. The van der Waals surface area contributed by atoms with E-state index in [0.29, 0.717) is 24.8 Å². The minimum Gasteiger partial charge on any atom is -0.480 e. The van der Waals surface area contributed by atoms with E-state index >= 15 is 0 Å². The van der Waals surface area contributed by atoms with Crippen molar-refractivity contribution in [1.82, 2.24) is 10.2 Å². The summed E-state index contributed by atoms with van der Waals surface area (Å²) in [5.41, 5.74) is 0. The first kappa shape index (κ1) is 12.7. The Bertz CT molecular complexity index is 307. The maximum atomic E-state index is 12.0. The van der Waals surface area contributed by atoms with Gasteiger partial charge in [0.15, 0.2) is 0 Å². The number of carbonyl (C=O) groups is 2. The quantitative estimate of drug-likeness (QED) is 0.702. The number of aliphatic carboxylic acids is 1. The third kappa shape index (κ3) is 3.11. The van der Waals surface area contributed by atoms with Gasteiger partial charge >= 0.3 is 5.97 Å². The number of hydrogen-bond acceptors (Lipinski definition) is 5. The van der Waals surface area contributed by atoms with Gasteiger partial charge < -0.3 is 20.1 Å². The molecule has 0 aromatic rings. The minimum absolute atomic E-state index is 0.128. The van der Waals surface area contributed by atoms with Gasteiger partial charge in [0.1, 0.15) is 6.04 Å². The topological polar surface area (TPSA) is 78.9 Å². The van der Waals surface area contributed by atoms with E-state index in [0.717, 1.165) is 6.54 Å². The van der Waals surface area contributed by atoms with Crippen molar-refractivity contribution in [3.05, 3.63) is 0 Å². The fourth-order valence-electron chi connectivity index (χ4n) is 1.96. The maximum Gasteiger partial charge on any atom is 0.327 e. The number of carboxylic acid groups (broad SMARTS) is 1. The van der Waals surface area contributed by atoms with E-state index in [1.807, 2.05) is 0 Å². The standard InChI is InChI=1S/C10H16N2O4S/c13-9(3-7-4-11-1-2-16-7)12-6-17-5-8(12)10(14)15/h7-8,11H,1-6H2,(H,14,15). The Morgan fingerprint density at radius 3 is 3.00 bits per heavy atom. The van der Waals surface area contributed by atoms with Crippen LogP contribution in [0.25, 0.3) is 0 Å². The number of rotatable bonds is 3. The van der Waals surface area contributed by atoms with E-state index in [9.17, 15) is 9.59 Å². The molecule has 2 aliphatic heterocycles. The summed E-state index contributed by atoms with van der Waals surface area (Å²) >= 11 is 1.48. The number of nitrogens with one attached hydrogen (secondary N) is 1. The fourth-order valence-corrected chi connectivity index (χ4v) is 3.13. The number of carboxylic acids is 1. The molecule has 0 aliphatic carbocycles. The summed E-state index contributed by atoms with van der Waals surface area (Å²) in [6, 6.07) is -0.677. The van der Waals surface area contributed by atoms with Crippen LogP contribution in [-0.2, 0) is 14.3 Å². The zero-order valence-electron chi connectivity index (χ0n) is 9.42. The van der Waals surface area contributed by atoms with Crippen molar-refractivity contribution in [1.29, 1.82) is 0 Å². The lowest BCUT2D eigenvalue weighted by Crippen LogP contribution is -2.46. The Labute approximate surface area is 104 Å². The number of hydrogen-bond donors (Lipinski definition) is 2. The van der Waals surface area contributed by atoms with E-state index < -0.39 is 12.0 Å². The van der Waals surface area contributed by atoms with Crippen molar-refractivity contribution in [3.63, 3.8) is 0 Å². The first-order valence-corrected chi connectivity index (χ1v) is 6.76. The second-order valence-electron chi connectivity index (χ2n) is 4.12. The highest BCUT2D eigenvalue weighted by atomic mass is 32.2. The Balaban J connectivity index is 1.88. The summed E-state index contributed by atoms with van der Waals surface area (Å²) in [7, 11) is 0. The van der Waals surface area contributed by atoms with Gasteiger partial charge in [-0.05, 0) is 0 Å². The molecular weight excluding hydrogens is 244 g/mol. The van der Waals surface area contributed by atoms with Crippen LogP contribution in [0.3, 0.4) is 0 Å². The van der Waals surface area contributed by atoms with Gasteiger partial charge in [-0.25, -0.2) is 4.79 Å². The zero-order valence-corrected chi connectivity index (χ0v) is 10.2. The van der Waals surface area contributed by atoms with Crippen LogP contribution in [0, 0.1) is 0 Å². The molecule has 0 aromatic heterocycles. The highest BCUT2D eigenvalue weighted by Crippen LogP contribution is 2.22. The van der Waals surface area contributed by atoms with E-state index in [2.05, 4.69) is 5.32 Å². The molecule has 0 saturated carbocycles. The lowest BCUT2D eigenvalue weighted by Gasteiger charge is -2.26. The van der Waals surface area contributed by atoms with Crippen molar-refractivity contribution < 1.29 is 19.4 Å². The predicted molar refractivity (Wildman–Crippen MR) is 62.8 cm³/mol. The fraction of sp³-hybridized carbons (Fsp3) is 0.800. The van der Waals surface area contributed by atoms with Crippen LogP contribution in [-0.4, -0.2) is 65.4 Å². The summed E-state index contributed by atoms with van der Waals surface area (Å²) in [5.74, 6) is -0.108. The lowest BCUT2D eigenvalue weighted by atomic mass is 10.2. The van der Waals surface area contributed by atoms with Crippen molar-refractivity contribution >= 4 is 23.6 Å². The summed E-state index contributed by atoms with van der Waals surface area (Å²) < 4.78 is 5.44. The van der Waals surface area contributed by atoms with Gasteiger partial charge in [-0.1, -0.05) is 0 Å². The van der Waals surface area contributed by atoms with Crippen molar-refractivity contribution in [2.24, 2.45) is 0 Å². The van der Waals surface area contributed by atoms with Crippen LogP contribution in [0.15, 0.2) is 0 Å². The third-order valence-corrected chi connectivity index (χ3v) is 3.91. The summed E-state index contributed by atoms with van der Waals surface area (Å²) in [5, 5.41) is 12.1. The van der Waals surface area contributed by atoms with Crippen LogP contribution in [0.5, 0.6) is 0 Å². The molecule has 7 heteroatoms. The Hall–Kier alpha value is -0.790. The normalized spacial score (nSPS) is 29.3. The summed E-state index contributed by atoms with van der Waals surface area (Å²) in [6.07, 6.45) is 0.133. The molecule has 17 heavy (non-hydrogen) atoms. The average Bonchev–Trinajstić information content (AvgIpc) is 2.79. The average molecular weight is 260 g/mol. The van der Waals surface area contributed by atoms with Crippen molar-refractivity contribution in [3.8, 4) is 0 Å². The van der Waals surface area contributed by atoms with Crippen LogP contribution in [0.4, 0.5) is 0 Å². The number of carbonyl (C=O) groups excluding carboxylic acids is 1. The van der Waals surface area contributed by atoms with E-state index in [1.165, 1.54) is 16.7 Å². The molecule has 2 rings (SSSR count). The number of ether oxygens (including phenoxy) is 1. The molecular formula is C10H16N2O4S. The molecule has 2 unspecified atom stereocenters. The molecule has 2 heterocycles. The van der Waals surface area contributed by atoms with Crippen LogP contribution >= 0.6 is 11.8 Å². The summed E-state index contributed by atoms with van der Waals surface area (Å²) in [6.45, 7) is 2.07. The lowest BCUT2D eigenvalue weighted by molar-refractivity contribution is -0.149. The predicted octanol–water partition coefficient (Wildman–Crippen LogP) is -0.649. The van der Waals surface area contributed by atoms with Gasteiger partial charge in [0.05, 0.1) is 25.0 Å². The molecule has 0 spiro atoms. The van der Waals surface area contributed by atoms with Gasteiger partial charge in [-0.15, -0.1) is 11.8 Å². The maximum absolute atomic E-state index is 12.0. The zero-order chi connectivity index (χ0) is 12.3. The molecule has 2 aliphatic rings. The monoisotopic (exact) mass is 260 g/mol. The highest BCUT2D eigenvalue weighted by Gasteiger charge is 2.35. The summed E-state index contributed by atoms with van der Waals surface area (Å²) in [4.78, 5) is 24.4. The Morgan fingerprint density at radius 1 is 1.53 bits per heavy atom. The minimum atomic E-state index is -0.925. The number of amides is 1. The molecule has 0 bridgehead atoms. The Kier molecular flexibility index (Phi) is 4.25. The van der Waals surface area contributed by atoms with Gasteiger partial charge in [0.25, 0.3) is 0 Å². The van der Waals surface area contributed by atoms with Gasteiger partial charge in [0.2, 0.25) is 5.91 Å². The van der Waals surface area contributed by atoms with Crippen molar-refractivity contribution in [2.75, 3.05) is 31.3 Å². The van der Waals surface area contributed by atoms with Crippen LogP contribution in [0.2, 0.25) is 0 Å². The molecule has 0 radical (unpaired) electrons. The first-order valence-electron chi connectivity index (χ1n) is 5.61. The van der Waals surface area contributed by atoms with Gasteiger partial charge in [0, 0.05) is 18.8 Å². The van der Waals surface area contributed by atoms with E-state index in [4.69, 9.17) is 9.84 Å². The largest absolute Gasteiger partial charge is 0.480 e. The van der Waals surface area contributed by atoms with E-state index in [1.54, 1.807) is 0 Å². The number of morpholine rings is 1. The second-order valence-corrected chi connectivity index (χ2v) is 5.12. The molecule has 2 fully saturated rings. The third-order valence-electron chi connectivity index (χ3n) is 2.89. The molecule has 1 amide bonds. The highest BCUT2D eigenvalue weighted by molar-refractivity contribution is 7.99. The van der Waals surface area contributed by atoms with Gasteiger partial charge in [-0.2, -0.15) is 0 Å². The molecule has 6 nitrogen and oxygen atoms in total. The van der Waals surface area contributed by atoms with Crippen molar-refractivity contribution in [2.45, 2.75) is 18.6 Å². The van der Waals surface area contributed by atoms with E-state index in [-0.39, 0.29) is 18.4 Å². The Morgan fingerprint density at radius 2 is 2.35 bits per heavy atom. The SMILES string of the molecule is O=C(O)C1CSCN1C(=O)CC1CNCCO1. The smallest absolute Gasteiger partial charge is 0.327 e. The molecule has 0 aromatic carbocycles. The molecule has 96 valence electrons. The number of thioether (sulfide) groups is 1. The van der Waals surface area contributed by atoms with Crippen LogP contribution < -0.4 is 5.32 Å². The molecule has 2 N–H and O–H groups in total. The van der Waals surface area contributed by atoms with Gasteiger partial charge in [-0.3, -0.25) is 4.79 Å². The second kappa shape index (κ2) is 5.70. The van der Waals surface area contributed by atoms with Crippen LogP contribution in [0.1, 0.15) is 6.42 Å². The molecule has 2 atom stereocenters. The molecule has 2 saturated heterocycles.